The van der Waals surface area contributed by atoms with E-state index < -0.39 is 0 Å². The van der Waals surface area contributed by atoms with Crippen LogP contribution >= 0.6 is 11.3 Å². The fourth-order valence-corrected chi connectivity index (χ4v) is 3.22. The van der Waals surface area contributed by atoms with Crippen LogP contribution in [0.5, 0.6) is 0 Å². The Hall–Kier alpha value is -0.370. The lowest BCUT2D eigenvalue weighted by Gasteiger charge is -2.27. The summed E-state index contributed by atoms with van der Waals surface area (Å²) in [5, 5.41) is 0. The number of aromatic nitrogens is 1. The van der Waals surface area contributed by atoms with E-state index in [-0.39, 0.29) is 0 Å². The molecule has 0 saturated heterocycles. The maximum Gasteiger partial charge on any atom is 0.0794 e. The molecule has 1 heterocycles. The quantitative estimate of drug-likeness (QED) is 0.570. The third-order valence-electron chi connectivity index (χ3n) is 3.41. The van der Waals surface area contributed by atoms with E-state index in [1.54, 1.807) is 0 Å². The third kappa shape index (κ3) is 3.89. The lowest BCUT2D eigenvalue weighted by Crippen LogP contribution is -2.20. The Bertz CT molecular complexity index is 268. The summed E-state index contributed by atoms with van der Waals surface area (Å²) in [6, 6.07) is 0. The highest BCUT2D eigenvalue weighted by atomic mass is 32.1. The molecule has 1 unspecified atom stereocenters. The highest BCUT2D eigenvalue weighted by Gasteiger charge is 2.26. The fourth-order valence-electron chi connectivity index (χ4n) is 2.38. The van der Waals surface area contributed by atoms with Crippen molar-refractivity contribution in [2.24, 2.45) is 0 Å². The Labute approximate surface area is 104 Å². The summed E-state index contributed by atoms with van der Waals surface area (Å²) in [4.78, 5) is 5.71. The van der Waals surface area contributed by atoms with Crippen LogP contribution in [0.25, 0.3) is 0 Å². The van der Waals surface area contributed by atoms with Crippen molar-refractivity contribution in [2.75, 3.05) is 0 Å². The highest BCUT2D eigenvalue weighted by molar-refractivity contribution is 7.09. The molecule has 1 nitrogen and oxygen atoms in total. The Morgan fingerprint density at radius 1 is 1.12 bits per heavy atom. The van der Waals surface area contributed by atoms with Gasteiger partial charge in [-0.2, -0.15) is 0 Å². The summed E-state index contributed by atoms with van der Waals surface area (Å²) in [6.45, 7) is 6.97. The molecule has 0 bridgehead atoms. The summed E-state index contributed by atoms with van der Waals surface area (Å²) >= 11 is 1.82. The van der Waals surface area contributed by atoms with Crippen molar-refractivity contribution in [3.05, 3.63) is 16.6 Å². The van der Waals surface area contributed by atoms with Gasteiger partial charge < -0.3 is 0 Å². The maximum absolute atomic E-state index is 4.23. The zero-order valence-corrected chi connectivity index (χ0v) is 11.8. The van der Waals surface area contributed by atoms with Crippen LogP contribution in [-0.4, -0.2) is 4.98 Å². The highest BCUT2D eigenvalue weighted by Crippen LogP contribution is 2.36. The molecule has 2 heteroatoms. The molecular weight excluding hydrogens is 214 g/mol. The molecule has 1 aromatic rings. The van der Waals surface area contributed by atoms with E-state index in [1.165, 1.54) is 49.8 Å². The van der Waals surface area contributed by atoms with E-state index in [0.29, 0.717) is 5.41 Å². The minimum atomic E-state index is 0.379. The molecule has 0 amide bonds. The number of hydrogen-bond donors (Lipinski definition) is 0. The Kier molecular flexibility index (Phi) is 6.04. The molecule has 0 saturated carbocycles. The molecule has 0 aliphatic rings. The van der Waals surface area contributed by atoms with Crippen LogP contribution in [0.4, 0.5) is 0 Å². The normalized spacial score (nSPS) is 14.9. The van der Waals surface area contributed by atoms with Crippen molar-refractivity contribution in [1.29, 1.82) is 0 Å². The summed E-state index contributed by atoms with van der Waals surface area (Å²) in [5.74, 6) is 0. The molecule has 92 valence electrons. The van der Waals surface area contributed by atoms with E-state index >= 15 is 0 Å². The maximum atomic E-state index is 4.23. The van der Waals surface area contributed by atoms with Gasteiger partial charge in [-0.3, -0.25) is 4.98 Å². The van der Waals surface area contributed by atoms with Crippen LogP contribution in [0.1, 0.15) is 70.6 Å². The molecule has 1 rings (SSSR count). The van der Waals surface area contributed by atoms with E-state index in [4.69, 9.17) is 0 Å². The van der Waals surface area contributed by atoms with Gasteiger partial charge in [0.1, 0.15) is 0 Å². The van der Waals surface area contributed by atoms with Gasteiger partial charge in [-0.1, -0.05) is 52.9 Å². The monoisotopic (exact) mass is 239 g/mol. The van der Waals surface area contributed by atoms with Crippen LogP contribution < -0.4 is 0 Å². The molecule has 0 aliphatic heterocycles. The largest absolute Gasteiger partial charge is 0.253 e. The number of rotatable bonds is 8. The van der Waals surface area contributed by atoms with Gasteiger partial charge in [-0.25, -0.2) is 0 Å². The molecule has 1 atom stereocenters. The molecule has 16 heavy (non-hydrogen) atoms. The second kappa shape index (κ2) is 7.05. The van der Waals surface area contributed by atoms with Crippen molar-refractivity contribution in [3.8, 4) is 0 Å². The second-order valence-corrected chi connectivity index (χ2v) is 5.87. The van der Waals surface area contributed by atoms with Crippen LogP contribution in [0, 0.1) is 0 Å². The Morgan fingerprint density at radius 3 is 2.50 bits per heavy atom. The smallest absolute Gasteiger partial charge is 0.0794 e. The van der Waals surface area contributed by atoms with Crippen molar-refractivity contribution in [1.82, 2.24) is 4.98 Å². The van der Waals surface area contributed by atoms with Crippen LogP contribution in [0.2, 0.25) is 0 Å². The van der Waals surface area contributed by atoms with Crippen molar-refractivity contribution < 1.29 is 0 Å². The predicted molar refractivity (Wildman–Crippen MR) is 73.1 cm³/mol. The molecule has 0 spiro atoms. The standard InChI is InChI=1S/C14H25NS/c1-4-6-7-8-10-14(3,9-5-2)13-11-15-12-16-13/h11-12H,4-10H2,1-3H3. The van der Waals surface area contributed by atoms with Crippen molar-refractivity contribution in [2.45, 2.75) is 71.1 Å². The van der Waals surface area contributed by atoms with Crippen LogP contribution in [0.3, 0.4) is 0 Å². The molecule has 0 radical (unpaired) electrons. The average Bonchev–Trinajstić information content (AvgIpc) is 2.79. The van der Waals surface area contributed by atoms with E-state index in [1.807, 2.05) is 16.8 Å². The van der Waals surface area contributed by atoms with E-state index in [9.17, 15) is 0 Å². The molecule has 0 N–H and O–H groups in total. The van der Waals surface area contributed by atoms with Crippen molar-refractivity contribution >= 4 is 11.3 Å². The summed E-state index contributed by atoms with van der Waals surface area (Å²) in [7, 11) is 0. The third-order valence-corrected chi connectivity index (χ3v) is 4.49. The molecule has 0 fully saturated rings. The lowest BCUT2D eigenvalue weighted by molar-refractivity contribution is 0.383. The van der Waals surface area contributed by atoms with Crippen LogP contribution in [-0.2, 0) is 5.41 Å². The number of hydrogen-bond acceptors (Lipinski definition) is 2. The van der Waals surface area contributed by atoms with Crippen molar-refractivity contribution in [3.63, 3.8) is 0 Å². The van der Waals surface area contributed by atoms with Gasteiger partial charge in [-0.15, -0.1) is 11.3 Å². The fraction of sp³-hybridized carbons (Fsp3) is 0.786. The van der Waals surface area contributed by atoms with E-state index in [0.717, 1.165) is 0 Å². The van der Waals surface area contributed by atoms with Gasteiger partial charge in [0.05, 0.1) is 5.51 Å². The van der Waals surface area contributed by atoms with Crippen LogP contribution in [0.15, 0.2) is 11.7 Å². The Morgan fingerprint density at radius 2 is 1.94 bits per heavy atom. The molecular formula is C14H25NS. The van der Waals surface area contributed by atoms with E-state index in [2.05, 4.69) is 32.0 Å². The van der Waals surface area contributed by atoms with Gasteiger partial charge >= 0.3 is 0 Å². The zero-order valence-electron chi connectivity index (χ0n) is 11.0. The van der Waals surface area contributed by atoms with Gasteiger partial charge in [0.2, 0.25) is 0 Å². The first-order chi connectivity index (χ1) is 7.73. The van der Waals surface area contributed by atoms with Gasteiger partial charge in [0, 0.05) is 16.5 Å². The molecule has 0 aliphatic carbocycles. The number of unbranched alkanes of at least 4 members (excludes halogenated alkanes) is 3. The first-order valence-corrected chi connectivity index (χ1v) is 7.50. The molecule has 1 aromatic heterocycles. The first kappa shape index (κ1) is 13.7. The van der Waals surface area contributed by atoms with Gasteiger partial charge in [0.25, 0.3) is 0 Å². The molecule has 0 aromatic carbocycles. The predicted octanol–water partition coefficient (Wildman–Crippen LogP) is 5.17. The summed E-state index contributed by atoms with van der Waals surface area (Å²) in [5.41, 5.74) is 2.35. The minimum Gasteiger partial charge on any atom is -0.253 e. The topological polar surface area (TPSA) is 12.9 Å². The van der Waals surface area contributed by atoms with Gasteiger partial charge in [-0.05, 0) is 12.8 Å². The SMILES string of the molecule is CCCCCCC(C)(CCC)c1cncs1. The number of thiazole rings is 1. The first-order valence-electron chi connectivity index (χ1n) is 6.62. The lowest BCUT2D eigenvalue weighted by atomic mass is 9.79. The minimum absolute atomic E-state index is 0.379. The summed E-state index contributed by atoms with van der Waals surface area (Å²) < 4.78 is 0. The summed E-state index contributed by atoms with van der Waals surface area (Å²) in [6.07, 6.45) is 11.4. The second-order valence-electron chi connectivity index (χ2n) is 4.99. The number of nitrogens with zero attached hydrogens (tertiary/aromatic N) is 1. The zero-order chi connectivity index (χ0) is 11.9. The van der Waals surface area contributed by atoms with Gasteiger partial charge in [0.15, 0.2) is 0 Å². The Balaban J connectivity index is 2.52. The average molecular weight is 239 g/mol.